The largest absolute Gasteiger partial charge is 0.490 e. The first-order valence-corrected chi connectivity index (χ1v) is 7.35. The van der Waals surface area contributed by atoms with Crippen LogP contribution < -0.4 is 14.2 Å². The van der Waals surface area contributed by atoms with E-state index in [1.807, 2.05) is 27.7 Å². The zero-order valence-electron chi connectivity index (χ0n) is 13.2. The van der Waals surface area contributed by atoms with Crippen molar-refractivity contribution in [3.8, 4) is 17.2 Å². The summed E-state index contributed by atoms with van der Waals surface area (Å²) in [6, 6.07) is 3.36. The third kappa shape index (κ3) is 4.93. The van der Waals surface area contributed by atoms with Crippen LogP contribution in [0.15, 0.2) is 12.1 Å². The summed E-state index contributed by atoms with van der Waals surface area (Å²) in [5.74, 6) is 1.46. The average Bonchev–Trinajstić information content (AvgIpc) is 2.48. The van der Waals surface area contributed by atoms with E-state index in [1.165, 1.54) is 0 Å². The molecule has 5 nitrogen and oxygen atoms in total. The number of Topliss-reactive ketones (excluding diaryl/α,β-unsaturated/α-hetero) is 1. The average molecular weight is 296 g/mol. The van der Waals surface area contributed by atoms with Gasteiger partial charge >= 0.3 is 0 Å². The molecule has 0 spiro atoms. The second kappa shape index (κ2) is 9.23. The zero-order chi connectivity index (χ0) is 15.7. The van der Waals surface area contributed by atoms with Crippen molar-refractivity contribution < 1.29 is 23.7 Å². The predicted octanol–water partition coefficient (Wildman–Crippen LogP) is 3.10. The summed E-state index contributed by atoms with van der Waals surface area (Å²) in [6.45, 7) is 9.49. The van der Waals surface area contributed by atoms with E-state index in [4.69, 9.17) is 18.9 Å². The predicted molar refractivity (Wildman–Crippen MR) is 80.8 cm³/mol. The molecule has 0 radical (unpaired) electrons. The molecule has 1 aromatic rings. The molecule has 0 bridgehead atoms. The highest BCUT2D eigenvalue weighted by Crippen LogP contribution is 2.39. The van der Waals surface area contributed by atoms with Gasteiger partial charge in [0.1, 0.15) is 6.61 Å². The maximum atomic E-state index is 12.1. The van der Waals surface area contributed by atoms with Gasteiger partial charge in [-0.05, 0) is 39.8 Å². The van der Waals surface area contributed by atoms with Crippen molar-refractivity contribution >= 4 is 5.78 Å². The van der Waals surface area contributed by atoms with Gasteiger partial charge in [-0.15, -0.1) is 0 Å². The first-order valence-electron chi connectivity index (χ1n) is 7.35. The minimum absolute atomic E-state index is 0.0433. The third-order valence-electron chi connectivity index (χ3n) is 2.67. The Morgan fingerprint density at radius 3 is 1.81 bits per heavy atom. The fourth-order valence-electron chi connectivity index (χ4n) is 1.83. The minimum atomic E-state index is -0.109. The standard InChI is InChI=1S/C16H24O5/c1-5-18-11-13(17)12-9-14(19-6-2)16(21-8-4)15(10-12)20-7-3/h9-10H,5-8,11H2,1-4H3. The maximum absolute atomic E-state index is 12.1. The zero-order valence-corrected chi connectivity index (χ0v) is 13.2. The fourth-order valence-corrected chi connectivity index (χ4v) is 1.83. The monoisotopic (exact) mass is 296 g/mol. The lowest BCUT2D eigenvalue weighted by Crippen LogP contribution is -2.11. The van der Waals surface area contributed by atoms with Gasteiger partial charge in [-0.3, -0.25) is 4.79 Å². The molecule has 0 aliphatic carbocycles. The summed E-state index contributed by atoms with van der Waals surface area (Å²) in [4.78, 5) is 12.1. The first kappa shape index (κ1) is 17.3. The number of hydrogen-bond donors (Lipinski definition) is 0. The Balaban J connectivity index is 3.18. The summed E-state index contributed by atoms with van der Waals surface area (Å²) in [5.41, 5.74) is 0.499. The van der Waals surface area contributed by atoms with Crippen LogP contribution in [0.5, 0.6) is 17.2 Å². The number of rotatable bonds is 10. The molecule has 118 valence electrons. The molecule has 0 N–H and O–H groups in total. The van der Waals surface area contributed by atoms with Crippen LogP contribution in [0.3, 0.4) is 0 Å². The molecule has 0 saturated heterocycles. The maximum Gasteiger partial charge on any atom is 0.203 e. The number of benzene rings is 1. The highest BCUT2D eigenvalue weighted by Gasteiger charge is 2.18. The number of carbonyl (C=O) groups is 1. The lowest BCUT2D eigenvalue weighted by molar-refractivity contribution is 0.0782. The van der Waals surface area contributed by atoms with Gasteiger partial charge in [0.2, 0.25) is 5.75 Å². The van der Waals surface area contributed by atoms with Gasteiger partial charge in [0.15, 0.2) is 17.3 Å². The van der Waals surface area contributed by atoms with Crippen LogP contribution >= 0.6 is 0 Å². The Labute approximate surface area is 126 Å². The van der Waals surface area contributed by atoms with Crippen LogP contribution in [0, 0.1) is 0 Å². The summed E-state index contributed by atoms with van der Waals surface area (Å²) in [5, 5.41) is 0. The van der Waals surface area contributed by atoms with Crippen molar-refractivity contribution in [1.82, 2.24) is 0 Å². The molecule has 0 saturated carbocycles. The topological polar surface area (TPSA) is 54.0 Å². The molecule has 1 aromatic carbocycles. The number of hydrogen-bond acceptors (Lipinski definition) is 5. The Bertz CT molecular complexity index is 429. The minimum Gasteiger partial charge on any atom is -0.490 e. The molecule has 0 aliphatic rings. The van der Waals surface area contributed by atoms with Crippen LogP contribution in [-0.4, -0.2) is 38.8 Å². The number of ketones is 1. The lowest BCUT2D eigenvalue weighted by Gasteiger charge is -2.16. The molecular formula is C16H24O5. The van der Waals surface area contributed by atoms with E-state index in [1.54, 1.807) is 12.1 Å². The second-order valence-electron chi connectivity index (χ2n) is 4.16. The molecule has 1 rings (SSSR count). The van der Waals surface area contributed by atoms with Crippen molar-refractivity contribution in [3.05, 3.63) is 17.7 Å². The normalized spacial score (nSPS) is 10.3. The van der Waals surface area contributed by atoms with Gasteiger partial charge in [0.05, 0.1) is 19.8 Å². The van der Waals surface area contributed by atoms with E-state index in [0.29, 0.717) is 49.2 Å². The van der Waals surface area contributed by atoms with Crippen molar-refractivity contribution in [1.29, 1.82) is 0 Å². The smallest absolute Gasteiger partial charge is 0.203 e. The van der Waals surface area contributed by atoms with Gasteiger partial charge in [-0.2, -0.15) is 0 Å². The van der Waals surface area contributed by atoms with Gasteiger partial charge in [0, 0.05) is 12.2 Å². The summed E-state index contributed by atoms with van der Waals surface area (Å²) >= 11 is 0. The van der Waals surface area contributed by atoms with E-state index in [0.717, 1.165) is 0 Å². The number of ether oxygens (including phenoxy) is 4. The van der Waals surface area contributed by atoms with Gasteiger partial charge in [-0.1, -0.05) is 0 Å². The molecule has 0 unspecified atom stereocenters. The van der Waals surface area contributed by atoms with Gasteiger partial charge in [0.25, 0.3) is 0 Å². The highest BCUT2D eigenvalue weighted by molar-refractivity contribution is 5.98. The van der Waals surface area contributed by atoms with E-state index >= 15 is 0 Å². The van der Waals surface area contributed by atoms with E-state index in [9.17, 15) is 4.79 Å². The summed E-state index contributed by atoms with van der Waals surface area (Å²) < 4.78 is 21.9. The van der Waals surface area contributed by atoms with Crippen molar-refractivity contribution in [2.75, 3.05) is 33.0 Å². The molecule has 21 heavy (non-hydrogen) atoms. The fraction of sp³-hybridized carbons (Fsp3) is 0.562. The Morgan fingerprint density at radius 2 is 1.38 bits per heavy atom. The molecule has 0 aliphatic heterocycles. The molecular weight excluding hydrogens is 272 g/mol. The van der Waals surface area contributed by atoms with E-state index < -0.39 is 0 Å². The van der Waals surface area contributed by atoms with Crippen LogP contribution in [0.2, 0.25) is 0 Å². The van der Waals surface area contributed by atoms with Crippen LogP contribution in [-0.2, 0) is 4.74 Å². The molecule has 0 heterocycles. The lowest BCUT2D eigenvalue weighted by atomic mass is 10.1. The molecule has 0 fully saturated rings. The first-order chi connectivity index (χ1) is 10.2. The van der Waals surface area contributed by atoms with Crippen molar-refractivity contribution in [3.63, 3.8) is 0 Å². The Hall–Kier alpha value is -1.75. The highest BCUT2D eigenvalue weighted by atomic mass is 16.5. The summed E-state index contributed by atoms with van der Waals surface area (Å²) in [7, 11) is 0. The van der Waals surface area contributed by atoms with Crippen molar-refractivity contribution in [2.45, 2.75) is 27.7 Å². The summed E-state index contributed by atoms with van der Waals surface area (Å²) in [6.07, 6.45) is 0. The van der Waals surface area contributed by atoms with Crippen molar-refractivity contribution in [2.24, 2.45) is 0 Å². The molecule has 0 aromatic heterocycles. The molecule has 0 atom stereocenters. The van der Waals surface area contributed by atoms with Gasteiger partial charge < -0.3 is 18.9 Å². The van der Waals surface area contributed by atoms with E-state index in [2.05, 4.69) is 0 Å². The van der Waals surface area contributed by atoms with Gasteiger partial charge in [-0.25, -0.2) is 0 Å². The molecule has 0 amide bonds. The Morgan fingerprint density at radius 1 is 0.857 bits per heavy atom. The Kier molecular flexibility index (Phi) is 7.61. The number of carbonyl (C=O) groups excluding carboxylic acids is 1. The van der Waals surface area contributed by atoms with Crippen LogP contribution in [0.4, 0.5) is 0 Å². The molecule has 5 heteroatoms. The SMILES string of the molecule is CCOCC(=O)c1cc(OCC)c(OCC)c(OCC)c1. The van der Waals surface area contributed by atoms with Crippen LogP contribution in [0.25, 0.3) is 0 Å². The third-order valence-corrected chi connectivity index (χ3v) is 2.67. The van der Waals surface area contributed by atoms with Crippen LogP contribution in [0.1, 0.15) is 38.1 Å². The quantitative estimate of drug-likeness (QED) is 0.621. The second-order valence-corrected chi connectivity index (χ2v) is 4.16. The van der Waals surface area contributed by atoms with E-state index in [-0.39, 0.29) is 12.4 Å².